The predicted octanol–water partition coefficient (Wildman–Crippen LogP) is 1.31. The Morgan fingerprint density at radius 1 is 1.25 bits per heavy atom. The van der Waals surface area contributed by atoms with Crippen LogP contribution in [0.15, 0.2) is 24.5 Å². The molecule has 1 aliphatic heterocycles. The highest BCUT2D eigenvalue weighted by molar-refractivity contribution is 5.10. The monoisotopic (exact) mass is 219 g/mol. The summed E-state index contributed by atoms with van der Waals surface area (Å²) in [5.74, 6) is 0. The Balaban J connectivity index is 1.81. The van der Waals surface area contributed by atoms with Crippen LogP contribution in [0.4, 0.5) is 0 Å². The summed E-state index contributed by atoms with van der Waals surface area (Å²) in [4.78, 5) is 6.59. The first-order valence-corrected chi connectivity index (χ1v) is 6.11. The van der Waals surface area contributed by atoms with Crippen LogP contribution < -0.4 is 5.32 Å². The largest absolute Gasteiger partial charge is 0.309 e. The molecule has 0 saturated carbocycles. The van der Waals surface area contributed by atoms with Gasteiger partial charge in [-0.25, -0.2) is 0 Å². The fraction of sp³-hybridized carbons (Fsp3) is 0.615. The number of nitrogens with one attached hydrogen (secondary N) is 1. The second kappa shape index (κ2) is 5.41. The molecule has 2 atom stereocenters. The molecule has 0 radical (unpaired) electrons. The lowest BCUT2D eigenvalue weighted by Gasteiger charge is -2.36. The highest BCUT2D eigenvalue weighted by Gasteiger charge is 2.20. The van der Waals surface area contributed by atoms with Crippen LogP contribution in [0.1, 0.15) is 19.4 Å². The van der Waals surface area contributed by atoms with Crippen LogP contribution in [0.2, 0.25) is 0 Å². The maximum atomic E-state index is 4.04. The molecule has 2 rings (SSSR count). The van der Waals surface area contributed by atoms with E-state index in [9.17, 15) is 0 Å². The fourth-order valence-electron chi connectivity index (χ4n) is 2.46. The zero-order valence-corrected chi connectivity index (χ0v) is 10.2. The molecule has 0 bridgehead atoms. The summed E-state index contributed by atoms with van der Waals surface area (Å²) in [5, 5.41) is 3.56. The van der Waals surface area contributed by atoms with Crippen LogP contribution in [0.5, 0.6) is 0 Å². The zero-order valence-electron chi connectivity index (χ0n) is 10.2. The van der Waals surface area contributed by atoms with Gasteiger partial charge >= 0.3 is 0 Å². The molecule has 1 aromatic rings. The molecule has 0 aliphatic carbocycles. The Labute approximate surface area is 97.9 Å². The minimum Gasteiger partial charge on any atom is -0.309 e. The first-order valence-electron chi connectivity index (χ1n) is 6.11. The van der Waals surface area contributed by atoms with Crippen molar-refractivity contribution in [2.24, 2.45) is 0 Å². The molecule has 0 spiro atoms. The van der Waals surface area contributed by atoms with Crippen molar-refractivity contribution in [3.05, 3.63) is 30.1 Å². The minimum absolute atomic E-state index is 0.612. The van der Waals surface area contributed by atoms with Gasteiger partial charge in [0.05, 0.1) is 0 Å². The first-order chi connectivity index (χ1) is 7.74. The summed E-state index contributed by atoms with van der Waals surface area (Å²) >= 11 is 0. The van der Waals surface area contributed by atoms with Crippen LogP contribution in [-0.2, 0) is 6.42 Å². The molecular formula is C13H21N3. The normalized spacial score (nSPS) is 26.9. The van der Waals surface area contributed by atoms with Gasteiger partial charge in [-0.15, -0.1) is 0 Å². The van der Waals surface area contributed by atoms with E-state index in [4.69, 9.17) is 0 Å². The lowest BCUT2D eigenvalue weighted by molar-refractivity contribution is 0.175. The highest BCUT2D eigenvalue weighted by Crippen LogP contribution is 2.06. The average Bonchev–Trinajstić information content (AvgIpc) is 2.27. The van der Waals surface area contributed by atoms with Gasteiger partial charge in [0.25, 0.3) is 0 Å². The minimum atomic E-state index is 0.612. The summed E-state index contributed by atoms with van der Waals surface area (Å²) in [6.45, 7) is 8.00. The number of pyridine rings is 1. The van der Waals surface area contributed by atoms with Gasteiger partial charge in [-0.2, -0.15) is 0 Å². The Kier molecular flexibility index (Phi) is 3.91. The summed E-state index contributed by atoms with van der Waals surface area (Å²) in [5.41, 5.74) is 1.38. The molecule has 0 aromatic carbocycles. The van der Waals surface area contributed by atoms with Crippen LogP contribution in [0.25, 0.3) is 0 Å². The van der Waals surface area contributed by atoms with E-state index in [1.54, 1.807) is 0 Å². The summed E-state index contributed by atoms with van der Waals surface area (Å²) in [7, 11) is 0. The molecule has 1 N–H and O–H groups in total. The van der Waals surface area contributed by atoms with Gasteiger partial charge in [-0.05, 0) is 38.0 Å². The third-order valence-corrected chi connectivity index (χ3v) is 3.10. The van der Waals surface area contributed by atoms with E-state index >= 15 is 0 Å². The van der Waals surface area contributed by atoms with E-state index in [0.717, 1.165) is 26.1 Å². The number of piperazine rings is 1. The number of nitrogens with zero attached hydrogens (tertiary/aromatic N) is 2. The molecule has 16 heavy (non-hydrogen) atoms. The van der Waals surface area contributed by atoms with Gasteiger partial charge in [0, 0.05) is 44.1 Å². The maximum Gasteiger partial charge on any atom is 0.0270 e. The van der Waals surface area contributed by atoms with Crippen molar-refractivity contribution in [2.75, 3.05) is 19.6 Å². The molecule has 3 nitrogen and oxygen atoms in total. The molecule has 1 saturated heterocycles. The van der Waals surface area contributed by atoms with Crippen LogP contribution in [0, 0.1) is 0 Å². The van der Waals surface area contributed by atoms with E-state index in [1.165, 1.54) is 5.56 Å². The van der Waals surface area contributed by atoms with Gasteiger partial charge in [-0.3, -0.25) is 9.88 Å². The number of hydrogen-bond acceptors (Lipinski definition) is 3. The average molecular weight is 219 g/mol. The molecule has 0 amide bonds. The predicted molar refractivity (Wildman–Crippen MR) is 66.4 cm³/mol. The van der Waals surface area contributed by atoms with Crippen LogP contribution >= 0.6 is 0 Å². The summed E-state index contributed by atoms with van der Waals surface area (Å²) < 4.78 is 0. The van der Waals surface area contributed by atoms with E-state index < -0.39 is 0 Å². The van der Waals surface area contributed by atoms with Gasteiger partial charge in [-0.1, -0.05) is 0 Å². The fourth-order valence-corrected chi connectivity index (χ4v) is 2.46. The molecule has 1 aromatic heterocycles. The van der Waals surface area contributed by atoms with Crippen LogP contribution in [0.3, 0.4) is 0 Å². The van der Waals surface area contributed by atoms with Crippen LogP contribution in [-0.4, -0.2) is 41.6 Å². The Morgan fingerprint density at radius 3 is 2.50 bits per heavy atom. The lowest BCUT2D eigenvalue weighted by Crippen LogP contribution is -2.54. The van der Waals surface area contributed by atoms with Crippen molar-refractivity contribution < 1.29 is 0 Å². The Hall–Kier alpha value is -0.930. The third kappa shape index (κ3) is 3.29. The zero-order chi connectivity index (χ0) is 11.4. The van der Waals surface area contributed by atoms with Crippen molar-refractivity contribution in [3.63, 3.8) is 0 Å². The summed E-state index contributed by atoms with van der Waals surface area (Å²) in [6, 6.07) is 5.44. The molecule has 1 aliphatic rings. The smallest absolute Gasteiger partial charge is 0.0270 e. The third-order valence-electron chi connectivity index (χ3n) is 3.10. The van der Waals surface area contributed by atoms with Crippen molar-refractivity contribution >= 4 is 0 Å². The molecule has 1 fully saturated rings. The van der Waals surface area contributed by atoms with Gasteiger partial charge in [0.1, 0.15) is 0 Å². The van der Waals surface area contributed by atoms with Gasteiger partial charge < -0.3 is 5.32 Å². The molecule has 2 unspecified atom stereocenters. The Bertz CT molecular complexity index is 302. The number of aromatic nitrogens is 1. The van der Waals surface area contributed by atoms with Crippen molar-refractivity contribution in [2.45, 2.75) is 32.4 Å². The van der Waals surface area contributed by atoms with E-state index in [-0.39, 0.29) is 0 Å². The lowest BCUT2D eigenvalue weighted by atomic mass is 10.1. The second-order valence-electron chi connectivity index (χ2n) is 4.83. The van der Waals surface area contributed by atoms with Crippen molar-refractivity contribution in [3.8, 4) is 0 Å². The van der Waals surface area contributed by atoms with E-state index in [1.807, 2.05) is 12.4 Å². The molecule has 88 valence electrons. The van der Waals surface area contributed by atoms with E-state index in [0.29, 0.717) is 12.1 Å². The molecular weight excluding hydrogens is 198 g/mol. The quantitative estimate of drug-likeness (QED) is 0.830. The van der Waals surface area contributed by atoms with Gasteiger partial charge in [0.2, 0.25) is 0 Å². The SMILES string of the molecule is CC1CN(CCc2ccncc2)CC(C)N1. The second-order valence-corrected chi connectivity index (χ2v) is 4.83. The van der Waals surface area contributed by atoms with Gasteiger partial charge in [0.15, 0.2) is 0 Å². The standard InChI is InChI=1S/C13H21N3/c1-11-9-16(10-12(2)15-11)8-5-13-3-6-14-7-4-13/h3-4,6-7,11-12,15H,5,8-10H2,1-2H3. The molecule has 2 heterocycles. The van der Waals surface area contributed by atoms with E-state index in [2.05, 4.69) is 41.2 Å². The number of hydrogen-bond donors (Lipinski definition) is 1. The Morgan fingerprint density at radius 2 is 1.88 bits per heavy atom. The highest BCUT2D eigenvalue weighted by atomic mass is 15.2. The topological polar surface area (TPSA) is 28.2 Å². The first kappa shape index (κ1) is 11.6. The summed E-state index contributed by atoms with van der Waals surface area (Å²) in [6.07, 6.45) is 4.87. The number of rotatable bonds is 3. The van der Waals surface area contributed by atoms with Crippen molar-refractivity contribution in [1.29, 1.82) is 0 Å². The van der Waals surface area contributed by atoms with Crippen molar-refractivity contribution in [1.82, 2.24) is 15.2 Å². The maximum absolute atomic E-state index is 4.04. The molecule has 3 heteroatoms.